The van der Waals surface area contributed by atoms with E-state index in [0.29, 0.717) is 33.3 Å². The first kappa shape index (κ1) is 25.7. The van der Waals surface area contributed by atoms with Crippen LogP contribution in [-0.2, 0) is 0 Å². The van der Waals surface area contributed by atoms with E-state index in [1.54, 1.807) is 13.1 Å². The highest BCUT2D eigenvalue weighted by Crippen LogP contribution is 2.32. The second-order valence-corrected chi connectivity index (χ2v) is 9.07. The fourth-order valence-corrected chi connectivity index (χ4v) is 4.83. The third kappa shape index (κ3) is 4.61. The molecule has 0 spiro atoms. The number of aliphatic imine (C=N–C) groups is 1. The molecular formula is C34H24N6. The van der Waals surface area contributed by atoms with Gasteiger partial charge in [0.1, 0.15) is 17.7 Å². The third-order valence-electron chi connectivity index (χ3n) is 6.67. The Balaban J connectivity index is 2.08. The number of hydrogen-bond acceptors (Lipinski definition) is 4. The molecule has 0 unspecified atom stereocenters. The summed E-state index contributed by atoms with van der Waals surface area (Å²) in [6.45, 7) is 3.81. The average molecular weight is 517 g/mol. The van der Waals surface area contributed by atoms with Crippen molar-refractivity contribution >= 4 is 27.6 Å². The summed E-state index contributed by atoms with van der Waals surface area (Å²) in [4.78, 5) is 16.0. The second kappa shape index (κ2) is 11.2. The number of nitrogens with zero attached hydrogens (tertiary/aromatic N) is 4. The molecule has 6 heteroatoms. The molecule has 2 aromatic carbocycles. The summed E-state index contributed by atoms with van der Waals surface area (Å²) in [5.41, 5.74) is 6.29. The lowest BCUT2D eigenvalue weighted by Crippen LogP contribution is -2.13. The SMILES string of the molecule is C#C\C=C/N=C(C)/C(C#N)=c1\[nH]c(-c2ccccc2C)c2/c(=C(\C#N)c3ccccn3)[nH]c(-c3ccccc3)c12. The quantitative estimate of drug-likeness (QED) is 0.237. The van der Waals surface area contributed by atoms with Crippen molar-refractivity contribution in [2.75, 3.05) is 0 Å². The molecule has 0 bridgehead atoms. The minimum Gasteiger partial charge on any atom is -0.353 e. The van der Waals surface area contributed by atoms with Crippen LogP contribution in [0.25, 0.3) is 44.4 Å². The largest absolute Gasteiger partial charge is 0.353 e. The monoisotopic (exact) mass is 516 g/mol. The fraction of sp³-hybridized carbons (Fsp3) is 0.0588. The number of fused-ring (bicyclic) bond motifs is 1. The summed E-state index contributed by atoms with van der Waals surface area (Å²) >= 11 is 0. The first-order valence-corrected chi connectivity index (χ1v) is 12.6. The normalized spacial score (nSPS) is 13.0. The Morgan fingerprint density at radius 1 is 0.875 bits per heavy atom. The molecule has 0 fully saturated rings. The number of nitriles is 2. The maximum absolute atomic E-state index is 10.4. The van der Waals surface area contributed by atoms with Gasteiger partial charge in [0.2, 0.25) is 0 Å². The number of benzene rings is 2. The van der Waals surface area contributed by atoms with Gasteiger partial charge >= 0.3 is 0 Å². The molecule has 0 radical (unpaired) electrons. The molecule has 2 N–H and O–H groups in total. The Bertz CT molecular complexity index is 2030. The smallest absolute Gasteiger partial charge is 0.104 e. The highest BCUT2D eigenvalue weighted by Gasteiger charge is 2.22. The van der Waals surface area contributed by atoms with Crippen molar-refractivity contribution in [3.8, 4) is 47.0 Å². The van der Waals surface area contributed by atoms with Crippen LogP contribution in [0.15, 0.2) is 96.3 Å². The number of hydrogen-bond donors (Lipinski definition) is 2. The van der Waals surface area contributed by atoms with Crippen molar-refractivity contribution in [2.24, 2.45) is 4.99 Å². The van der Waals surface area contributed by atoms with Gasteiger partial charge in [-0.1, -0.05) is 66.6 Å². The molecule has 3 aromatic heterocycles. The van der Waals surface area contributed by atoms with Crippen LogP contribution in [0.5, 0.6) is 0 Å². The highest BCUT2D eigenvalue weighted by molar-refractivity contribution is 6.24. The molecule has 5 rings (SSSR count). The van der Waals surface area contributed by atoms with Crippen LogP contribution < -0.4 is 10.7 Å². The molecule has 0 aliphatic rings. The van der Waals surface area contributed by atoms with Crippen LogP contribution in [0.4, 0.5) is 0 Å². The Morgan fingerprint density at radius 3 is 2.25 bits per heavy atom. The van der Waals surface area contributed by atoms with Gasteiger partial charge in [0.25, 0.3) is 0 Å². The minimum atomic E-state index is 0.366. The molecule has 6 nitrogen and oxygen atoms in total. The Morgan fingerprint density at radius 2 is 1.57 bits per heavy atom. The van der Waals surface area contributed by atoms with Crippen molar-refractivity contribution < 1.29 is 0 Å². The topological polar surface area (TPSA) is 104 Å². The molecule has 40 heavy (non-hydrogen) atoms. The number of aromatic amines is 2. The maximum atomic E-state index is 10.4. The van der Waals surface area contributed by atoms with Crippen molar-refractivity contribution in [3.05, 3.63) is 113 Å². The number of pyridine rings is 1. The van der Waals surface area contributed by atoms with E-state index in [1.165, 1.54) is 12.3 Å². The maximum Gasteiger partial charge on any atom is 0.104 e. The van der Waals surface area contributed by atoms with Gasteiger partial charge in [-0.15, -0.1) is 6.42 Å². The summed E-state index contributed by atoms with van der Waals surface area (Å²) in [5, 5.41) is 23.6. The number of allylic oxidation sites excluding steroid dienone is 1. The number of H-pyrrole nitrogens is 2. The Hall–Kier alpha value is -5.90. The Labute approximate surface area is 232 Å². The zero-order valence-electron chi connectivity index (χ0n) is 22.0. The van der Waals surface area contributed by atoms with Crippen LogP contribution in [0, 0.1) is 41.9 Å². The van der Waals surface area contributed by atoms with Gasteiger partial charge in [0.15, 0.2) is 0 Å². The summed E-state index contributed by atoms with van der Waals surface area (Å²) < 4.78 is 0. The lowest BCUT2D eigenvalue weighted by atomic mass is 10.0. The molecule has 3 heterocycles. The van der Waals surface area contributed by atoms with Crippen molar-refractivity contribution in [3.63, 3.8) is 0 Å². The first-order valence-electron chi connectivity index (χ1n) is 12.6. The number of rotatable bonds is 5. The van der Waals surface area contributed by atoms with Crippen molar-refractivity contribution in [2.45, 2.75) is 13.8 Å². The van der Waals surface area contributed by atoms with Crippen molar-refractivity contribution in [1.82, 2.24) is 15.0 Å². The molecule has 5 aromatic rings. The first-order chi connectivity index (χ1) is 19.6. The standard InChI is InChI=1S/C34H24N6/c1-4-5-18-37-23(3)26(20-35)33-29-30(32(40-33)25-16-10-9-13-22(25)2)34(27(21-36)28-17-11-12-19-38-28)39-31(29)24-14-7-6-8-15-24/h1,5-19,39-40H,2-3H3/b18-5-,33-26-,34-27-,37-23+. The van der Waals surface area contributed by atoms with Crippen molar-refractivity contribution in [1.29, 1.82) is 10.5 Å². The molecule has 0 saturated heterocycles. The van der Waals surface area contributed by atoms with E-state index >= 15 is 0 Å². The molecule has 0 aliphatic carbocycles. The summed E-state index contributed by atoms with van der Waals surface area (Å²) in [6.07, 6.45) is 9.99. The van der Waals surface area contributed by atoms with Gasteiger partial charge in [-0.05, 0) is 37.1 Å². The predicted octanol–water partition coefficient (Wildman–Crippen LogP) is 5.54. The van der Waals surface area contributed by atoms with Crippen LogP contribution >= 0.6 is 0 Å². The highest BCUT2D eigenvalue weighted by atomic mass is 14.8. The van der Waals surface area contributed by atoms with Gasteiger partial charge < -0.3 is 9.97 Å². The summed E-state index contributed by atoms with van der Waals surface area (Å²) in [5.74, 6) is 2.42. The van der Waals surface area contributed by atoms with Crippen LogP contribution in [0.1, 0.15) is 18.2 Å². The molecule has 0 saturated carbocycles. The van der Waals surface area contributed by atoms with Gasteiger partial charge in [-0.3, -0.25) is 9.98 Å². The number of aryl methyl sites for hydroxylation is 1. The van der Waals surface area contributed by atoms with E-state index in [4.69, 9.17) is 6.42 Å². The second-order valence-electron chi connectivity index (χ2n) is 9.07. The fourth-order valence-electron chi connectivity index (χ4n) is 4.83. The third-order valence-corrected chi connectivity index (χ3v) is 6.67. The van der Waals surface area contributed by atoms with Crippen LogP contribution in [0.2, 0.25) is 0 Å². The van der Waals surface area contributed by atoms with E-state index in [-0.39, 0.29) is 0 Å². The number of terminal acetylenes is 1. The van der Waals surface area contributed by atoms with Crippen LogP contribution in [-0.4, -0.2) is 20.7 Å². The van der Waals surface area contributed by atoms with E-state index in [2.05, 4.69) is 38.0 Å². The van der Waals surface area contributed by atoms with Gasteiger partial charge in [0, 0.05) is 34.8 Å². The lowest BCUT2D eigenvalue weighted by Gasteiger charge is -2.04. The molecular weight excluding hydrogens is 492 g/mol. The predicted molar refractivity (Wildman–Crippen MR) is 160 cm³/mol. The molecule has 0 aliphatic heterocycles. The van der Waals surface area contributed by atoms with E-state index < -0.39 is 0 Å². The summed E-state index contributed by atoms with van der Waals surface area (Å²) in [6, 6.07) is 28.1. The summed E-state index contributed by atoms with van der Waals surface area (Å²) in [7, 11) is 0. The minimum absolute atomic E-state index is 0.366. The molecule has 190 valence electrons. The van der Waals surface area contributed by atoms with E-state index in [0.717, 1.165) is 38.9 Å². The van der Waals surface area contributed by atoms with Gasteiger partial charge in [-0.2, -0.15) is 10.5 Å². The van der Waals surface area contributed by atoms with E-state index in [9.17, 15) is 10.5 Å². The number of aromatic nitrogens is 3. The molecule has 0 amide bonds. The van der Waals surface area contributed by atoms with Gasteiger partial charge in [-0.25, -0.2) is 0 Å². The van der Waals surface area contributed by atoms with E-state index in [1.807, 2.05) is 79.7 Å². The zero-order chi connectivity index (χ0) is 28.1. The average Bonchev–Trinajstić information content (AvgIpc) is 3.55. The zero-order valence-corrected chi connectivity index (χ0v) is 22.0. The number of nitrogens with one attached hydrogen (secondary N) is 2. The Kier molecular flexibility index (Phi) is 7.23. The molecule has 0 atom stereocenters. The lowest BCUT2D eigenvalue weighted by molar-refractivity contribution is 1.24. The van der Waals surface area contributed by atoms with Gasteiger partial charge in [0.05, 0.1) is 39.1 Å². The van der Waals surface area contributed by atoms with Crippen LogP contribution in [0.3, 0.4) is 0 Å².